The molecule has 160 valence electrons. The first-order valence-corrected chi connectivity index (χ1v) is 13.0. The lowest BCUT2D eigenvalue weighted by molar-refractivity contribution is -0.0543. The van der Waals surface area contributed by atoms with E-state index in [1.165, 1.54) is 21.4 Å². The molecule has 1 aliphatic rings. The number of thiophene rings is 1. The number of rotatable bonds is 7. The van der Waals surface area contributed by atoms with Crippen LogP contribution in [0.15, 0.2) is 34.4 Å². The molecule has 2 aromatic heterocycles. The third kappa shape index (κ3) is 4.64. The molecule has 0 N–H and O–H groups in total. The van der Waals surface area contributed by atoms with Crippen molar-refractivity contribution in [3.05, 3.63) is 40.3 Å². The lowest BCUT2D eigenvalue weighted by Crippen LogP contribution is -2.33. The van der Waals surface area contributed by atoms with Crippen molar-refractivity contribution in [1.29, 1.82) is 0 Å². The van der Waals surface area contributed by atoms with Gasteiger partial charge in [-0.1, -0.05) is 44.7 Å². The Hall–Kier alpha value is -1.28. The van der Waals surface area contributed by atoms with Crippen LogP contribution in [0, 0.1) is 0 Å². The average Bonchev–Trinajstić information content (AvgIpc) is 3.09. The molecule has 0 amide bonds. The molecule has 30 heavy (non-hydrogen) atoms. The quantitative estimate of drug-likeness (QED) is 0.221. The van der Waals surface area contributed by atoms with Crippen LogP contribution in [0.25, 0.3) is 10.2 Å². The van der Waals surface area contributed by atoms with Gasteiger partial charge in [0.25, 0.3) is 0 Å². The Morgan fingerprint density at radius 3 is 2.67 bits per heavy atom. The van der Waals surface area contributed by atoms with Crippen LogP contribution in [-0.2, 0) is 23.5 Å². The Balaban J connectivity index is 1.72. The highest BCUT2D eigenvalue weighted by Gasteiger charge is 2.33. The van der Waals surface area contributed by atoms with Gasteiger partial charge >= 0.3 is 0 Å². The van der Waals surface area contributed by atoms with E-state index >= 15 is 0 Å². The minimum atomic E-state index is -0.107. The van der Waals surface area contributed by atoms with Crippen LogP contribution in [0.5, 0.6) is 5.75 Å². The van der Waals surface area contributed by atoms with Crippen LogP contribution in [0.1, 0.15) is 50.1 Å². The summed E-state index contributed by atoms with van der Waals surface area (Å²) < 4.78 is 11.5. The predicted octanol–water partition coefficient (Wildman–Crippen LogP) is 6.73. The van der Waals surface area contributed by atoms with Gasteiger partial charge in [-0.15, -0.1) is 23.1 Å². The monoisotopic (exact) mass is 460 g/mol. The molecule has 1 atom stereocenters. The fourth-order valence-corrected chi connectivity index (χ4v) is 6.49. The van der Waals surface area contributed by atoms with Gasteiger partial charge in [-0.25, -0.2) is 9.97 Å². The van der Waals surface area contributed by atoms with E-state index in [1.54, 1.807) is 42.0 Å². The summed E-state index contributed by atoms with van der Waals surface area (Å²) in [5.41, 5.74) is 2.55. The first-order chi connectivity index (χ1) is 14.4. The first-order valence-electron chi connectivity index (χ1n) is 10.3. The molecule has 0 bridgehead atoms. The maximum absolute atomic E-state index is 6.19. The number of fused-ring (bicyclic) bond motifs is 3. The number of nitrogens with zero attached hydrogens (tertiary/aromatic N) is 2. The Kier molecular flexibility index (Phi) is 6.63. The zero-order valence-electron chi connectivity index (χ0n) is 18.2. The topological polar surface area (TPSA) is 44.2 Å². The highest BCUT2D eigenvalue weighted by molar-refractivity contribution is 8.00. The SMILES string of the molecule is CC[C@@]1(C)Cc2c(sc3nc(SC(C)C)nc(SCc4ccc(OC)cc4)c23)CO1. The molecule has 4 rings (SSSR count). The van der Waals surface area contributed by atoms with E-state index in [0.717, 1.165) is 39.4 Å². The van der Waals surface area contributed by atoms with Crippen molar-refractivity contribution in [2.24, 2.45) is 0 Å². The number of aromatic nitrogens is 2. The van der Waals surface area contributed by atoms with Crippen LogP contribution in [0.4, 0.5) is 0 Å². The fraction of sp³-hybridized carbons (Fsp3) is 0.478. The van der Waals surface area contributed by atoms with Crippen LogP contribution in [-0.4, -0.2) is 27.9 Å². The van der Waals surface area contributed by atoms with Crippen LogP contribution >= 0.6 is 34.9 Å². The summed E-state index contributed by atoms with van der Waals surface area (Å²) in [5.74, 6) is 1.75. The van der Waals surface area contributed by atoms with Gasteiger partial charge in [-0.2, -0.15) is 0 Å². The summed E-state index contributed by atoms with van der Waals surface area (Å²) in [6.07, 6.45) is 1.93. The minimum absolute atomic E-state index is 0.107. The Labute approximate surface area is 191 Å². The standard InChI is InChI=1S/C23H28N2O2S3/c1-6-23(4)11-17-18(12-27-23)30-21-19(17)20(24-22(25-21)29-14(2)3)28-13-15-7-9-16(26-5)10-8-15/h7-10,14H,6,11-13H2,1-5H3/t23-/m0/s1. The third-order valence-electron chi connectivity index (χ3n) is 5.41. The summed E-state index contributed by atoms with van der Waals surface area (Å²) in [6, 6.07) is 8.28. The van der Waals surface area contributed by atoms with Gasteiger partial charge in [-0.05, 0) is 36.6 Å². The van der Waals surface area contributed by atoms with E-state index in [4.69, 9.17) is 19.4 Å². The Bertz CT molecular complexity index is 1030. The van der Waals surface area contributed by atoms with Crippen molar-refractivity contribution in [2.75, 3.05) is 7.11 Å². The van der Waals surface area contributed by atoms with Gasteiger partial charge < -0.3 is 9.47 Å². The fourth-order valence-electron chi connectivity index (χ4n) is 3.49. The number of thioether (sulfide) groups is 2. The lowest BCUT2D eigenvalue weighted by Gasteiger charge is -2.33. The van der Waals surface area contributed by atoms with E-state index in [-0.39, 0.29) is 5.60 Å². The minimum Gasteiger partial charge on any atom is -0.497 e. The number of ether oxygens (including phenoxy) is 2. The molecule has 7 heteroatoms. The maximum Gasteiger partial charge on any atom is 0.190 e. The van der Waals surface area contributed by atoms with Crippen molar-refractivity contribution >= 4 is 45.1 Å². The van der Waals surface area contributed by atoms with Crippen molar-refractivity contribution < 1.29 is 9.47 Å². The molecule has 0 saturated heterocycles. The Morgan fingerprint density at radius 1 is 1.23 bits per heavy atom. The van der Waals surface area contributed by atoms with Gasteiger partial charge in [0.1, 0.15) is 15.6 Å². The molecule has 0 unspecified atom stereocenters. The largest absolute Gasteiger partial charge is 0.497 e. The van der Waals surface area contributed by atoms with E-state index in [2.05, 4.69) is 39.8 Å². The molecule has 3 aromatic rings. The molecular weight excluding hydrogens is 432 g/mol. The normalized spacial score (nSPS) is 18.7. The summed E-state index contributed by atoms with van der Waals surface area (Å²) in [4.78, 5) is 12.3. The van der Waals surface area contributed by atoms with Gasteiger partial charge in [-0.3, -0.25) is 0 Å². The molecule has 0 spiro atoms. The molecule has 1 aliphatic heterocycles. The van der Waals surface area contributed by atoms with Gasteiger partial charge in [0.05, 0.1) is 19.3 Å². The Morgan fingerprint density at radius 2 is 2.00 bits per heavy atom. The molecule has 0 radical (unpaired) electrons. The summed E-state index contributed by atoms with van der Waals surface area (Å²) in [5, 5.41) is 3.65. The van der Waals surface area contributed by atoms with Crippen molar-refractivity contribution in [2.45, 2.75) is 73.9 Å². The van der Waals surface area contributed by atoms with Crippen molar-refractivity contribution in [1.82, 2.24) is 9.97 Å². The number of hydrogen-bond acceptors (Lipinski definition) is 7. The van der Waals surface area contributed by atoms with Gasteiger partial charge in [0, 0.05) is 27.7 Å². The van der Waals surface area contributed by atoms with E-state index < -0.39 is 0 Å². The molecule has 1 aromatic carbocycles. The zero-order valence-corrected chi connectivity index (χ0v) is 20.6. The number of methoxy groups -OCH3 is 1. The van der Waals surface area contributed by atoms with E-state index in [9.17, 15) is 0 Å². The van der Waals surface area contributed by atoms with Crippen molar-refractivity contribution in [3.8, 4) is 5.75 Å². The second-order valence-electron chi connectivity index (χ2n) is 8.07. The molecule has 4 nitrogen and oxygen atoms in total. The zero-order chi connectivity index (χ0) is 21.3. The molecule has 0 saturated carbocycles. The lowest BCUT2D eigenvalue weighted by atomic mass is 9.90. The smallest absolute Gasteiger partial charge is 0.190 e. The molecule has 3 heterocycles. The molecule has 0 fully saturated rings. The third-order valence-corrected chi connectivity index (χ3v) is 8.42. The summed E-state index contributed by atoms with van der Waals surface area (Å²) in [6.45, 7) is 9.46. The van der Waals surface area contributed by atoms with Gasteiger partial charge in [0.15, 0.2) is 5.16 Å². The van der Waals surface area contributed by atoms with Crippen LogP contribution < -0.4 is 4.74 Å². The number of benzene rings is 1. The summed E-state index contributed by atoms with van der Waals surface area (Å²) in [7, 11) is 1.70. The highest BCUT2D eigenvalue weighted by Crippen LogP contribution is 2.43. The van der Waals surface area contributed by atoms with Gasteiger partial charge in [0.2, 0.25) is 0 Å². The molecular formula is C23H28N2O2S3. The second kappa shape index (κ2) is 9.07. The van der Waals surface area contributed by atoms with E-state index in [1.807, 2.05) is 12.1 Å². The average molecular weight is 461 g/mol. The van der Waals surface area contributed by atoms with Crippen LogP contribution in [0.3, 0.4) is 0 Å². The molecule has 0 aliphatic carbocycles. The first kappa shape index (κ1) is 21.9. The number of hydrogen-bond donors (Lipinski definition) is 0. The van der Waals surface area contributed by atoms with Crippen LogP contribution in [0.2, 0.25) is 0 Å². The van der Waals surface area contributed by atoms with Crippen molar-refractivity contribution in [3.63, 3.8) is 0 Å². The predicted molar refractivity (Wildman–Crippen MR) is 128 cm³/mol. The maximum atomic E-state index is 6.19. The van der Waals surface area contributed by atoms with E-state index in [0.29, 0.717) is 11.9 Å². The summed E-state index contributed by atoms with van der Waals surface area (Å²) >= 11 is 5.30. The highest BCUT2D eigenvalue weighted by atomic mass is 32.2. The second-order valence-corrected chi connectivity index (χ2v) is 11.7.